The molecule has 0 bridgehead atoms. The minimum Gasteiger partial charge on any atom is -0.276 e. The van der Waals surface area contributed by atoms with E-state index in [0.717, 1.165) is 44.9 Å². The van der Waals surface area contributed by atoms with Crippen LogP contribution in [0.3, 0.4) is 0 Å². The number of hydrogen-bond acceptors (Lipinski definition) is 3. The molecule has 7 rings (SSSR count). The molecular formula is C24H14N4. The van der Waals surface area contributed by atoms with Gasteiger partial charge in [-0.15, -0.1) is 0 Å². The molecule has 0 spiro atoms. The van der Waals surface area contributed by atoms with Crippen LogP contribution in [0.5, 0.6) is 0 Å². The standard InChI is InChI=1S/C24H14N4/c1-2-5-16-14(4-1)10-15-11-22-21(12-19(15)16)27-24-18-7-9-25-13-20(18)17-6-3-8-26-23(17)28(22)24/h1-9,11-13H,10H2. The van der Waals surface area contributed by atoms with Gasteiger partial charge < -0.3 is 0 Å². The SMILES string of the molecule is c1ccc2c(c1)Cc1cc3c(cc1-2)nc1c2ccncc2c2cccnc2n31. The van der Waals surface area contributed by atoms with E-state index in [9.17, 15) is 0 Å². The fourth-order valence-electron chi connectivity index (χ4n) is 4.69. The summed E-state index contributed by atoms with van der Waals surface area (Å²) in [6, 6.07) is 19.3. The van der Waals surface area contributed by atoms with Crippen LogP contribution < -0.4 is 0 Å². The minimum atomic E-state index is 0.927. The largest absolute Gasteiger partial charge is 0.276 e. The Kier molecular flexibility index (Phi) is 2.51. The van der Waals surface area contributed by atoms with Crippen molar-refractivity contribution in [3.63, 3.8) is 0 Å². The van der Waals surface area contributed by atoms with Gasteiger partial charge in [0.25, 0.3) is 0 Å². The lowest BCUT2D eigenvalue weighted by atomic mass is 10.1. The van der Waals surface area contributed by atoms with Gasteiger partial charge in [0.2, 0.25) is 0 Å². The van der Waals surface area contributed by atoms with Crippen molar-refractivity contribution in [3.05, 3.63) is 84.3 Å². The first-order valence-electron chi connectivity index (χ1n) is 9.42. The molecule has 0 fully saturated rings. The Morgan fingerprint density at radius 3 is 2.68 bits per heavy atom. The number of imidazole rings is 1. The number of aromatic nitrogens is 4. The molecule has 4 heteroatoms. The molecule has 0 radical (unpaired) electrons. The average Bonchev–Trinajstić information content (AvgIpc) is 3.30. The van der Waals surface area contributed by atoms with E-state index < -0.39 is 0 Å². The summed E-state index contributed by atoms with van der Waals surface area (Å²) in [5, 5.41) is 3.29. The summed E-state index contributed by atoms with van der Waals surface area (Å²) in [5.41, 5.74) is 9.36. The predicted molar refractivity (Wildman–Crippen MR) is 112 cm³/mol. The maximum atomic E-state index is 5.04. The quantitative estimate of drug-likeness (QED) is 0.352. The molecule has 6 aromatic rings. The molecule has 4 heterocycles. The summed E-state index contributed by atoms with van der Waals surface area (Å²) in [7, 11) is 0. The molecule has 0 saturated heterocycles. The molecule has 0 N–H and O–H groups in total. The maximum Gasteiger partial charge on any atom is 0.147 e. The van der Waals surface area contributed by atoms with Gasteiger partial charge in [0.05, 0.1) is 11.0 Å². The molecule has 4 aromatic heterocycles. The summed E-state index contributed by atoms with van der Waals surface area (Å²) in [6.45, 7) is 0. The van der Waals surface area contributed by atoms with Crippen molar-refractivity contribution in [2.75, 3.05) is 0 Å². The van der Waals surface area contributed by atoms with Crippen LogP contribution in [0.2, 0.25) is 0 Å². The molecule has 2 aromatic carbocycles. The summed E-state index contributed by atoms with van der Waals surface area (Å²) in [6.07, 6.45) is 6.56. The lowest BCUT2D eigenvalue weighted by molar-refractivity contribution is 1.22. The fourth-order valence-corrected chi connectivity index (χ4v) is 4.69. The molecule has 0 unspecified atom stereocenters. The summed E-state index contributed by atoms with van der Waals surface area (Å²) in [4.78, 5) is 14.1. The highest BCUT2D eigenvalue weighted by Crippen LogP contribution is 2.40. The molecule has 130 valence electrons. The van der Waals surface area contributed by atoms with Crippen molar-refractivity contribution in [1.82, 2.24) is 19.4 Å². The van der Waals surface area contributed by atoms with Gasteiger partial charge in [0, 0.05) is 34.7 Å². The lowest BCUT2D eigenvalue weighted by Crippen LogP contribution is -1.94. The molecule has 0 atom stereocenters. The fraction of sp³-hybridized carbons (Fsp3) is 0.0417. The van der Waals surface area contributed by atoms with E-state index >= 15 is 0 Å². The monoisotopic (exact) mass is 358 g/mol. The smallest absolute Gasteiger partial charge is 0.147 e. The number of benzene rings is 2. The zero-order valence-electron chi connectivity index (χ0n) is 14.9. The van der Waals surface area contributed by atoms with Crippen molar-refractivity contribution in [2.45, 2.75) is 6.42 Å². The second kappa shape index (κ2) is 4.93. The molecule has 0 amide bonds. The predicted octanol–water partition coefficient (Wildman–Crippen LogP) is 5.16. The Labute approximate surface area is 160 Å². The third-order valence-corrected chi connectivity index (χ3v) is 5.92. The number of rotatable bonds is 0. The normalized spacial score (nSPS) is 12.9. The van der Waals surface area contributed by atoms with Crippen LogP contribution >= 0.6 is 0 Å². The zero-order valence-corrected chi connectivity index (χ0v) is 14.9. The summed E-state index contributed by atoms with van der Waals surface area (Å²) < 4.78 is 2.20. The van der Waals surface area contributed by atoms with Gasteiger partial charge in [-0.25, -0.2) is 9.97 Å². The summed E-state index contributed by atoms with van der Waals surface area (Å²) >= 11 is 0. The molecule has 0 saturated carbocycles. The first-order valence-corrected chi connectivity index (χ1v) is 9.42. The van der Waals surface area contributed by atoms with Crippen molar-refractivity contribution < 1.29 is 0 Å². The molecular weight excluding hydrogens is 344 g/mol. The first-order chi connectivity index (χ1) is 13.9. The van der Waals surface area contributed by atoms with Gasteiger partial charge >= 0.3 is 0 Å². The van der Waals surface area contributed by atoms with Crippen molar-refractivity contribution >= 4 is 38.5 Å². The molecule has 0 aliphatic heterocycles. The van der Waals surface area contributed by atoms with Gasteiger partial charge in [-0.2, -0.15) is 0 Å². The zero-order chi connectivity index (χ0) is 18.2. The van der Waals surface area contributed by atoms with E-state index in [4.69, 9.17) is 9.97 Å². The highest BCUT2D eigenvalue weighted by molar-refractivity contribution is 6.12. The highest BCUT2D eigenvalue weighted by atomic mass is 15.1. The van der Waals surface area contributed by atoms with Gasteiger partial charge in [0.1, 0.15) is 11.3 Å². The lowest BCUT2D eigenvalue weighted by Gasteiger charge is -2.07. The van der Waals surface area contributed by atoms with Crippen LogP contribution in [0.25, 0.3) is 49.6 Å². The molecule has 1 aliphatic rings. The average molecular weight is 358 g/mol. The van der Waals surface area contributed by atoms with Crippen LogP contribution in [0.15, 0.2) is 73.2 Å². The van der Waals surface area contributed by atoms with Gasteiger partial charge in [-0.3, -0.25) is 9.38 Å². The van der Waals surface area contributed by atoms with E-state index in [1.807, 2.05) is 30.7 Å². The summed E-state index contributed by atoms with van der Waals surface area (Å²) in [5.74, 6) is 0. The second-order valence-electron chi connectivity index (χ2n) is 7.40. The minimum absolute atomic E-state index is 0.927. The van der Waals surface area contributed by atoms with E-state index in [2.05, 4.69) is 51.8 Å². The van der Waals surface area contributed by atoms with E-state index in [0.29, 0.717) is 0 Å². The Hall–Kier alpha value is -3.79. The van der Waals surface area contributed by atoms with Crippen molar-refractivity contribution in [3.8, 4) is 11.1 Å². The van der Waals surface area contributed by atoms with Crippen LogP contribution in [0, 0.1) is 0 Å². The van der Waals surface area contributed by atoms with Crippen LogP contribution in [-0.2, 0) is 6.42 Å². The Morgan fingerprint density at radius 1 is 0.750 bits per heavy atom. The third-order valence-electron chi connectivity index (χ3n) is 5.92. The third kappa shape index (κ3) is 1.68. The molecule has 1 aliphatic carbocycles. The topological polar surface area (TPSA) is 43.1 Å². The van der Waals surface area contributed by atoms with Gasteiger partial charge in [-0.05, 0) is 59.0 Å². The first kappa shape index (κ1) is 14.3. The van der Waals surface area contributed by atoms with Crippen LogP contribution in [0.1, 0.15) is 11.1 Å². The Bertz CT molecular complexity index is 1590. The van der Waals surface area contributed by atoms with Gasteiger partial charge in [-0.1, -0.05) is 24.3 Å². The number of fused-ring (bicyclic) bond motifs is 11. The van der Waals surface area contributed by atoms with Crippen LogP contribution in [0.4, 0.5) is 0 Å². The van der Waals surface area contributed by atoms with E-state index in [-0.39, 0.29) is 0 Å². The number of pyridine rings is 3. The Balaban J connectivity index is 1.70. The highest BCUT2D eigenvalue weighted by Gasteiger charge is 2.21. The van der Waals surface area contributed by atoms with Gasteiger partial charge in [0.15, 0.2) is 0 Å². The maximum absolute atomic E-state index is 5.04. The van der Waals surface area contributed by atoms with E-state index in [1.54, 1.807) is 0 Å². The van der Waals surface area contributed by atoms with E-state index in [1.165, 1.54) is 22.3 Å². The number of hydrogen-bond donors (Lipinski definition) is 0. The second-order valence-corrected chi connectivity index (χ2v) is 7.40. The van der Waals surface area contributed by atoms with Crippen molar-refractivity contribution in [2.24, 2.45) is 0 Å². The molecule has 4 nitrogen and oxygen atoms in total. The Morgan fingerprint density at radius 2 is 1.68 bits per heavy atom. The molecule has 28 heavy (non-hydrogen) atoms. The number of nitrogens with zero attached hydrogens (tertiary/aromatic N) is 4. The van der Waals surface area contributed by atoms with Crippen LogP contribution in [-0.4, -0.2) is 19.4 Å². The van der Waals surface area contributed by atoms with Crippen molar-refractivity contribution in [1.29, 1.82) is 0 Å².